The number of halogens is 1. The molecule has 1 fully saturated rings. The van der Waals surface area contributed by atoms with E-state index >= 15 is 0 Å². The topological polar surface area (TPSA) is 87.7 Å². The van der Waals surface area contributed by atoms with Gasteiger partial charge in [0.2, 0.25) is 0 Å². The second kappa shape index (κ2) is 8.75. The number of benzene rings is 1. The molecule has 0 bridgehead atoms. The zero-order valence-corrected chi connectivity index (χ0v) is 17.1. The molecule has 144 valence electrons. The van der Waals surface area contributed by atoms with Gasteiger partial charge in [-0.3, -0.25) is 0 Å². The van der Waals surface area contributed by atoms with Crippen molar-refractivity contribution in [2.75, 3.05) is 11.9 Å². The summed E-state index contributed by atoms with van der Waals surface area (Å²) in [6, 6.07) is 5.11. The van der Waals surface area contributed by atoms with E-state index in [2.05, 4.69) is 26.6 Å². The van der Waals surface area contributed by atoms with Crippen LogP contribution in [0.2, 0.25) is 0 Å². The normalized spacial score (nSPS) is 20.3. The Labute approximate surface area is 162 Å². The summed E-state index contributed by atoms with van der Waals surface area (Å²) in [6.45, 7) is 6.34. The van der Waals surface area contributed by atoms with E-state index in [0.29, 0.717) is 5.92 Å². The summed E-state index contributed by atoms with van der Waals surface area (Å²) in [5.41, 5.74) is 0.572. The summed E-state index contributed by atoms with van der Waals surface area (Å²) in [5.74, 6) is -0.443. The predicted octanol–water partition coefficient (Wildman–Crippen LogP) is 4.64. The molecule has 1 aromatic rings. The summed E-state index contributed by atoms with van der Waals surface area (Å²) in [7, 11) is 0. The lowest BCUT2D eigenvalue weighted by atomic mass is 9.86. The van der Waals surface area contributed by atoms with E-state index < -0.39 is 11.6 Å². The lowest BCUT2D eigenvalue weighted by molar-refractivity contribution is 0.0487. The number of hydrogen-bond acceptors (Lipinski definition) is 4. The van der Waals surface area contributed by atoms with Crippen LogP contribution in [0.4, 0.5) is 10.5 Å². The van der Waals surface area contributed by atoms with E-state index in [9.17, 15) is 9.59 Å². The van der Waals surface area contributed by atoms with E-state index in [1.165, 1.54) is 0 Å². The maximum absolute atomic E-state index is 11.8. The fraction of sp³-hybridized carbons (Fsp3) is 0.579. The molecule has 7 heteroatoms. The molecule has 0 aliphatic heterocycles. The molecule has 2 rings (SSSR count). The number of anilines is 1. The molecule has 0 radical (unpaired) electrons. The van der Waals surface area contributed by atoms with Gasteiger partial charge in [-0.1, -0.05) is 0 Å². The highest BCUT2D eigenvalue weighted by Crippen LogP contribution is 2.28. The van der Waals surface area contributed by atoms with E-state index in [-0.39, 0.29) is 17.7 Å². The average Bonchev–Trinajstić information content (AvgIpc) is 2.53. The third-order valence-corrected chi connectivity index (χ3v) is 5.05. The highest BCUT2D eigenvalue weighted by atomic mass is 79.9. The number of carboxylic acid groups (broad SMARTS) is 1. The number of hydrogen-bond donors (Lipinski definition) is 3. The Morgan fingerprint density at radius 1 is 1.23 bits per heavy atom. The molecule has 0 atom stereocenters. The molecular formula is C19H27BrN2O4. The van der Waals surface area contributed by atoms with Crippen LogP contribution in [-0.4, -0.2) is 35.4 Å². The van der Waals surface area contributed by atoms with Crippen LogP contribution in [0.3, 0.4) is 0 Å². The minimum atomic E-state index is -0.936. The van der Waals surface area contributed by atoms with E-state index in [1.54, 1.807) is 18.2 Å². The molecule has 6 nitrogen and oxygen atoms in total. The molecule has 1 amide bonds. The molecule has 1 saturated carbocycles. The number of alkyl carbamates (subject to hydrolysis) is 1. The summed E-state index contributed by atoms with van der Waals surface area (Å²) in [4.78, 5) is 22.9. The van der Waals surface area contributed by atoms with Gasteiger partial charge in [-0.05, 0) is 86.5 Å². The summed E-state index contributed by atoms with van der Waals surface area (Å²) in [5, 5.41) is 15.4. The SMILES string of the molecule is CC(C)(C)OC(=O)NC1CCC(CNc2cc(C(=O)O)ccc2Br)CC1. The quantitative estimate of drug-likeness (QED) is 0.637. The molecule has 1 aliphatic carbocycles. The summed E-state index contributed by atoms with van der Waals surface area (Å²) in [6.07, 6.45) is 3.49. The second-order valence-electron chi connectivity index (χ2n) is 7.74. The van der Waals surface area contributed by atoms with Crippen LogP contribution >= 0.6 is 15.9 Å². The van der Waals surface area contributed by atoms with Gasteiger partial charge in [-0.2, -0.15) is 0 Å². The highest BCUT2D eigenvalue weighted by molar-refractivity contribution is 9.10. The maximum atomic E-state index is 11.8. The number of aromatic carboxylic acids is 1. The molecule has 0 heterocycles. The van der Waals surface area contributed by atoms with Crippen LogP contribution < -0.4 is 10.6 Å². The molecule has 26 heavy (non-hydrogen) atoms. The first kappa shape index (κ1) is 20.6. The van der Waals surface area contributed by atoms with Crippen molar-refractivity contribution in [3.8, 4) is 0 Å². The third-order valence-electron chi connectivity index (χ3n) is 4.36. The van der Waals surface area contributed by atoms with Gasteiger partial charge in [0.25, 0.3) is 0 Å². The number of carbonyl (C=O) groups is 2. The molecule has 0 saturated heterocycles. The smallest absolute Gasteiger partial charge is 0.407 e. The molecular weight excluding hydrogens is 400 g/mol. The molecule has 0 spiro atoms. The predicted molar refractivity (Wildman–Crippen MR) is 105 cm³/mol. The number of rotatable bonds is 5. The van der Waals surface area contributed by atoms with Crippen LogP contribution in [0.25, 0.3) is 0 Å². The van der Waals surface area contributed by atoms with Gasteiger partial charge in [0.05, 0.1) is 5.56 Å². The number of nitrogens with one attached hydrogen (secondary N) is 2. The van der Waals surface area contributed by atoms with E-state index in [1.807, 2.05) is 20.8 Å². The standard InChI is InChI=1S/C19H27BrN2O4/c1-19(2,3)26-18(25)22-14-7-4-12(5-8-14)11-21-16-10-13(17(23)24)6-9-15(16)20/h6,9-10,12,14,21H,4-5,7-8,11H2,1-3H3,(H,22,25)(H,23,24). The first-order valence-corrected chi connectivity index (χ1v) is 9.69. The van der Waals surface area contributed by atoms with Crippen LogP contribution in [0.5, 0.6) is 0 Å². The van der Waals surface area contributed by atoms with Crippen LogP contribution in [0.15, 0.2) is 22.7 Å². The van der Waals surface area contributed by atoms with Gasteiger partial charge >= 0.3 is 12.1 Å². The Morgan fingerprint density at radius 2 is 1.88 bits per heavy atom. The van der Waals surface area contributed by atoms with Crippen molar-refractivity contribution >= 4 is 33.7 Å². The van der Waals surface area contributed by atoms with Gasteiger partial charge < -0.3 is 20.5 Å². The van der Waals surface area contributed by atoms with Crippen LogP contribution in [0.1, 0.15) is 56.8 Å². The van der Waals surface area contributed by atoms with Gasteiger partial charge in [0.15, 0.2) is 0 Å². The zero-order valence-electron chi connectivity index (χ0n) is 15.5. The van der Waals surface area contributed by atoms with Crippen molar-refractivity contribution in [3.05, 3.63) is 28.2 Å². The van der Waals surface area contributed by atoms with Crippen molar-refractivity contribution in [1.82, 2.24) is 5.32 Å². The Morgan fingerprint density at radius 3 is 2.46 bits per heavy atom. The van der Waals surface area contributed by atoms with Crippen LogP contribution in [-0.2, 0) is 4.74 Å². The Balaban J connectivity index is 1.78. The lowest BCUT2D eigenvalue weighted by Gasteiger charge is -2.30. The highest BCUT2D eigenvalue weighted by Gasteiger charge is 2.24. The first-order valence-electron chi connectivity index (χ1n) is 8.90. The monoisotopic (exact) mass is 426 g/mol. The van der Waals surface area contributed by atoms with Gasteiger partial charge in [-0.25, -0.2) is 9.59 Å². The van der Waals surface area contributed by atoms with Crippen molar-refractivity contribution in [1.29, 1.82) is 0 Å². The van der Waals surface area contributed by atoms with Crippen LogP contribution in [0, 0.1) is 5.92 Å². The van der Waals surface area contributed by atoms with Crippen molar-refractivity contribution in [3.63, 3.8) is 0 Å². The summed E-state index contributed by atoms with van der Waals surface area (Å²) >= 11 is 3.45. The van der Waals surface area contributed by atoms with E-state index in [4.69, 9.17) is 9.84 Å². The Kier molecular flexibility index (Phi) is 6.92. The molecule has 3 N–H and O–H groups in total. The third kappa shape index (κ3) is 6.52. The Bertz CT molecular complexity index is 649. The Hall–Kier alpha value is -1.76. The first-order chi connectivity index (χ1) is 12.1. The molecule has 0 unspecified atom stereocenters. The van der Waals surface area contributed by atoms with Crippen molar-refractivity contribution < 1.29 is 19.4 Å². The molecule has 0 aromatic heterocycles. The van der Waals surface area contributed by atoms with Crippen molar-refractivity contribution in [2.24, 2.45) is 5.92 Å². The molecule has 1 aliphatic rings. The van der Waals surface area contributed by atoms with Gasteiger partial charge in [0, 0.05) is 22.7 Å². The fourth-order valence-electron chi connectivity index (χ4n) is 3.03. The fourth-order valence-corrected chi connectivity index (χ4v) is 3.42. The lowest BCUT2D eigenvalue weighted by Crippen LogP contribution is -2.41. The molecule has 1 aromatic carbocycles. The number of amides is 1. The van der Waals surface area contributed by atoms with Gasteiger partial charge in [-0.15, -0.1) is 0 Å². The zero-order chi connectivity index (χ0) is 19.3. The largest absolute Gasteiger partial charge is 0.478 e. The number of ether oxygens (including phenoxy) is 1. The number of carbonyl (C=O) groups excluding carboxylic acids is 1. The average molecular weight is 427 g/mol. The minimum absolute atomic E-state index is 0.156. The second-order valence-corrected chi connectivity index (χ2v) is 8.60. The maximum Gasteiger partial charge on any atom is 0.407 e. The minimum Gasteiger partial charge on any atom is -0.478 e. The van der Waals surface area contributed by atoms with E-state index in [0.717, 1.165) is 42.4 Å². The van der Waals surface area contributed by atoms with Gasteiger partial charge in [0.1, 0.15) is 5.60 Å². The summed E-state index contributed by atoms with van der Waals surface area (Å²) < 4.78 is 6.15. The van der Waals surface area contributed by atoms with Crippen molar-refractivity contribution in [2.45, 2.75) is 58.1 Å². The number of carboxylic acids is 1.